The molecule has 1 aliphatic carbocycles. The number of hydrogen-bond acceptors (Lipinski definition) is 0. The average molecular weight is 138 g/mol. The normalized spacial score (nSPS) is 18.7. The van der Waals surface area contributed by atoms with E-state index in [1.165, 1.54) is 6.54 Å². The summed E-state index contributed by atoms with van der Waals surface area (Å²) in [6, 6.07) is 0. The van der Waals surface area contributed by atoms with Gasteiger partial charge in [-0.3, -0.25) is 0 Å². The maximum absolute atomic E-state index is 2.25. The summed E-state index contributed by atoms with van der Waals surface area (Å²) in [5.74, 6) is 0.667. The molecule has 1 aliphatic rings. The van der Waals surface area contributed by atoms with Crippen LogP contribution in [0.3, 0.4) is 0 Å². The maximum atomic E-state index is 2.25. The van der Waals surface area contributed by atoms with Crippen molar-refractivity contribution < 1.29 is 4.48 Å². The third-order valence-electron chi connectivity index (χ3n) is 1.59. The second-order valence-electron chi connectivity index (χ2n) is 3.91. The van der Waals surface area contributed by atoms with Crippen LogP contribution in [0.15, 0.2) is 24.3 Å². The Morgan fingerprint density at radius 3 is 2.00 bits per heavy atom. The highest BCUT2D eigenvalue weighted by molar-refractivity contribution is 5.17. The molecule has 10 heavy (non-hydrogen) atoms. The standard InChI is InChI=1S/C9H16N/c1-10(2,3)8-9-6-4-5-7-9/h4-7,9H,8H2,1-3H3/q+1. The highest BCUT2D eigenvalue weighted by atomic mass is 15.3. The van der Waals surface area contributed by atoms with Gasteiger partial charge in [0, 0.05) is 5.92 Å². The minimum atomic E-state index is 0.667. The lowest BCUT2D eigenvalue weighted by Gasteiger charge is -2.25. The van der Waals surface area contributed by atoms with E-state index in [2.05, 4.69) is 45.4 Å². The molecule has 0 fully saturated rings. The predicted octanol–water partition coefficient (Wildman–Crippen LogP) is 1.43. The molecule has 0 bridgehead atoms. The molecular weight excluding hydrogens is 122 g/mol. The number of nitrogens with zero attached hydrogens (tertiary/aromatic N) is 1. The summed E-state index contributed by atoms with van der Waals surface area (Å²) in [6.07, 6.45) is 8.76. The summed E-state index contributed by atoms with van der Waals surface area (Å²) in [4.78, 5) is 0. The molecule has 0 spiro atoms. The zero-order valence-corrected chi connectivity index (χ0v) is 7.04. The molecule has 0 aliphatic heterocycles. The summed E-state index contributed by atoms with van der Waals surface area (Å²) in [7, 11) is 6.67. The first-order chi connectivity index (χ1) is 4.58. The van der Waals surface area contributed by atoms with Gasteiger partial charge in [0.05, 0.1) is 27.7 Å². The highest BCUT2D eigenvalue weighted by Gasteiger charge is 2.13. The molecular formula is C9H16N+. The van der Waals surface area contributed by atoms with E-state index in [0.717, 1.165) is 4.48 Å². The van der Waals surface area contributed by atoms with E-state index in [9.17, 15) is 0 Å². The van der Waals surface area contributed by atoms with Crippen LogP contribution in [0.2, 0.25) is 0 Å². The summed E-state index contributed by atoms with van der Waals surface area (Å²) in [5.41, 5.74) is 0. The van der Waals surface area contributed by atoms with Crippen molar-refractivity contribution in [3.05, 3.63) is 24.3 Å². The van der Waals surface area contributed by atoms with Crippen LogP contribution in [-0.4, -0.2) is 32.2 Å². The molecule has 0 atom stereocenters. The summed E-state index contributed by atoms with van der Waals surface area (Å²) in [6.45, 7) is 1.20. The van der Waals surface area contributed by atoms with Crippen molar-refractivity contribution in [1.29, 1.82) is 0 Å². The monoisotopic (exact) mass is 138 g/mol. The molecule has 0 N–H and O–H groups in total. The summed E-state index contributed by atoms with van der Waals surface area (Å²) >= 11 is 0. The van der Waals surface area contributed by atoms with Crippen LogP contribution in [0.1, 0.15) is 0 Å². The van der Waals surface area contributed by atoms with Gasteiger partial charge >= 0.3 is 0 Å². The van der Waals surface area contributed by atoms with Crippen LogP contribution in [0.5, 0.6) is 0 Å². The first kappa shape index (κ1) is 7.55. The number of quaternary nitrogens is 1. The minimum absolute atomic E-state index is 0.667. The molecule has 0 saturated heterocycles. The van der Waals surface area contributed by atoms with E-state index in [-0.39, 0.29) is 0 Å². The smallest absolute Gasteiger partial charge is 0.0879 e. The van der Waals surface area contributed by atoms with Crippen molar-refractivity contribution in [2.45, 2.75) is 0 Å². The summed E-state index contributed by atoms with van der Waals surface area (Å²) < 4.78 is 1.04. The molecule has 0 aromatic carbocycles. The van der Waals surface area contributed by atoms with E-state index in [0.29, 0.717) is 5.92 Å². The molecule has 1 rings (SSSR count). The van der Waals surface area contributed by atoms with Gasteiger partial charge in [-0.15, -0.1) is 0 Å². The van der Waals surface area contributed by atoms with Crippen LogP contribution in [0, 0.1) is 5.92 Å². The first-order valence-corrected chi connectivity index (χ1v) is 3.73. The molecule has 56 valence electrons. The van der Waals surface area contributed by atoms with Gasteiger partial charge in [-0.25, -0.2) is 0 Å². The van der Waals surface area contributed by atoms with Gasteiger partial charge in [-0.2, -0.15) is 0 Å². The zero-order chi connectivity index (χ0) is 7.61. The molecule has 0 aromatic rings. The van der Waals surface area contributed by atoms with E-state index in [1.54, 1.807) is 0 Å². The Labute approximate surface area is 63.2 Å². The second-order valence-corrected chi connectivity index (χ2v) is 3.91. The van der Waals surface area contributed by atoms with E-state index in [4.69, 9.17) is 0 Å². The van der Waals surface area contributed by atoms with Gasteiger partial charge in [0.1, 0.15) is 0 Å². The summed E-state index contributed by atoms with van der Waals surface area (Å²) in [5, 5.41) is 0. The molecule has 0 saturated carbocycles. The van der Waals surface area contributed by atoms with Crippen molar-refractivity contribution in [1.82, 2.24) is 0 Å². The number of allylic oxidation sites excluding steroid dienone is 2. The van der Waals surface area contributed by atoms with E-state index >= 15 is 0 Å². The maximum Gasteiger partial charge on any atom is 0.0879 e. The third-order valence-corrected chi connectivity index (χ3v) is 1.59. The fourth-order valence-corrected chi connectivity index (χ4v) is 1.23. The molecule has 0 radical (unpaired) electrons. The molecule has 1 heteroatoms. The van der Waals surface area contributed by atoms with Gasteiger partial charge < -0.3 is 4.48 Å². The molecule has 1 nitrogen and oxygen atoms in total. The zero-order valence-electron chi connectivity index (χ0n) is 7.04. The van der Waals surface area contributed by atoms with Crippen LogP contribution in [0.4, 0.5) is 0 Å². The Bertz CT molecular complexity index is 148. The molecule has 0 aromatic heterocycles. The Hall–Kier alpha value is -0.560. The largest absolute Gasteiger partial charge is 0.330 e. The number of hydrogen-bond donors (Lipinski definition) is 0. The van der Waals surface area contributed by atoms with Gasteiger partial charge in [-0.05, 0) is 0 Å². The van der Waals surface area contributed by atoms with Crippen molar-refractivity contribution in [3.63, 3.8) is 0 Å². The first-order valence-electron chi connectivity index (χ1n) is 3.73. The van der Waals surface area contributed by atoms with Crippen LogP contribution in [0.25, 0.3) is 0 Å². The van der Waals surface area contributed by atoms with Crippen LogP contribution in [-0.2, 0) is 0 Å². The van der Waals surface area contributed by atoms with Gasteiger partial charge in [-0.1, -0.05) is 24.3 Å². The molecule has 0 amide bonds. The van der Waals surface area contributed by atoms with E-state index < -0.39 is 0 Å². The fourth-order valence-electron chi connectivity index (χ4n) is 1.23. The molecule has 0 heterocycles. The Morgan fingerprint density at radius 2 is 1.60 bits per heavy atom. The lowest BCUT2D eigenvalue weighted by Crippen LogP contribution is -2.38. The molecule has 0 unspecified atom stereocenters. The van der Waals surface area contributed by atoms with Gasteiger partial charge in [0.15, 0.2) is 0 Å². The Balaban J connectivity index is 2.40. The predicted molar refractivity (Wildman–Crippen MR) is 44.7 cm³/mol. The fraction of sp³-hybridized carbons (Fsp3) is 0.556. The van der Waals surface area contributed by atoms with Crippen LogP contribution >= 0.6 is 0 Å². The second kappa shape index (κ2) is 2.59. The lowest BCUT2D eigenvalue weighted by atomic mass is 10.1. The van der Waals surface area contributed by atoms with Crippen molar-refractivity contribution in [2.24, 2.45) is 5.92 Å². The minimum Gasteiger partial charge on any atom is -0.330 e. The topological polar surface area (TPSA) is 0 Å². The van der Waals surface area contributed by atoms with Gasteiger partial charge in [0.25, 0.3) is 0 Å². The van der Waals surface area contributed by atoms with E-state index in [1.807, 2.05) is 0 Å². The third kappa shape index (κ3) is 2.36. The van der Waals surface area contributed by atoms with Gasteiger partial charge in [0.2, 0.25) is 0 Å². The van der Waals surface area contributed by atoms with Crippen molar-refractivity contribution >= 4 is 0 Å². The number of rotatable bonds is 2. The Kier molecular flexibility index (Phi) is 1.95. The Morgan fingerprint density at radius 1 is 1.10 bits per heavy atom. The highest BCUT2D eigenvalue weighted by Crippen LogP contribution is 2.11. The quantitative estimate of drug-likeness (QED) is 0.506. The SMILES string of the molecule is C[N+](C)(C)CC1C=CC=C1. The average Bonchev–Trinajstić information content (AvgIpc) is 2.12. The van der Waals surface area contributed by atoms with Crippen LogP contribution < -0.4 is 0 Å². The van der Waals surface area contributed by atoms with Crippen molar-refractivity contribution in [2.75, 3.05) is 27.7 Å². The van der Waals surface area contributed by atoms with Crippen molar-refractivity contribution in [3.8, 4) is 0 Å². The lowest BCUT2D eigenvalue weighted by molar-refractivity contribution is -0.872.